The van der Waals surface area contributed by atoms with Crippen molar-refractivity contribution in [1.29, 1.82) is 0 Å². The van der Waals surface area contributed by atoms with Crippen LogP contribution in [0.3, 0.4) is 0 Å². The molecule has 0 atom stereocenters. The molecule has 21 heavy (non-hydrogen) atoms. The van der Waals surface area contributed by atoms with E-state index in [1.807, 2.05) is 25.1 Å². The van der Waals surface area contributed by atoms with Gasteiger partial charge in [0.1, 0.15) is 5.69 Å². The van der Waals surface area contributed by atoms with Crippen molar-refractivity contribution in [1.82, 2.24) is 20.3 Å². The summed E-state index contributed by atoms with van der Waals surface area (Å²) >= 11 is 0. The minimum atomic E-state index is -0.426. The number of hydrogen-bond acceptors (Lipinski definition) is 6. The molecule has 0 aliphatic carbocycles. The van der Waals surface area contributed by atoms with Gasteiger partial charge < -0.3 is 10.1 Å². The van der Waals surface area contributed by atoms with Crippen molar-refractivity contribution < 1.29 is 9.53 Å². The van der Waals surface area contributed by atoms with Crippen LogP contribution in [0.15, 0.2) is 18.2 Å². The fourth-order valence-electron chi connectivity index (χ4n) is 2.41. The van der Waals surface area contributed by atoms with Gasteiger partial charge in [0.15, 0.2) is 11.5 Å². The molecule has 2 aromatic rings. The summed E-state index contributed by atoms with van der Waals surface area (Å²) in [7, 11) is 1.36. The van der Waals surface area contributed by atoms with Crippen molar-refractivity contribution in [2.45, 2.75) is 19.9 Å². The third-order valence-corrected chi connectivity index (χ3v) is 3.43. The van der Waals surface area contributed by atoms with E-state index in [-0.39, 0.29) is 0 Å². The molecule has 0 aromatic carbocycles. The van der Waals surface area contributed by atoms with Crippen molar-refractivity contribution in [3.8, 4) is 11.5 Å². The lowest BCUT2D eigenvalue weighted by molar-refractivity contribution is 0.0592. The van der Waals surface area contributed by atoms with Crippen molar-refractivity contribution in [2.24, 2.45) is 0 Å². The number of methoxy groups -OCH3 is 1. The number of aryl methyl sites for hydroxylation is 1. The van der Waals surface area contributed by atoms with Gasteiger partial charge in [-0.25, -0.2) is 19.7 Å². The van der Waals surface area contributed by atoms with Gasteiger partial charge in [0.05, 0.1) is 12.8 Å². The number of rotatable bonds is 2. The van der Waals surface area contributed by atoms with Crippen LogP contribution in [-0.2, 0) is 17.7 Å². The molecule has 0 fully saturated rings. The molecule has 6 heteroatoms. The fourth-order valence-corrected chi connectivity index (χ4v) is 2.41. The van der Waals surface area contributed by atoms with Crippen LogP contribution in [0.1, 0.15) is 27.4 Å². The van der Waals surface area contributed by atoms with Crippen molar-refractivity contribution in [3.63, 3.8) is 0 Å². The van der Waals surface area contributed by atoms with Crippen molar-refractivity contribution in [2.75, 3.05) is 13.7 Å². The standard InChI is InChI=1S/C15H16N4O2/c1-9-4-3-5-11(17-9)14-18-12-8-16-7-6-10(12)13(19-14)15(20)21-2/h3-5,16H,6-8H2,1-2H3. The maximum atomic E-state index is 12.0. The molecule has 0 spiro atoms. The summed E-state index contributed by atoms with van der Waals surface area (Å²) in [5.74, 6) is 0.0333. The van der Waals surface area contributed by atoms with E-state index in [9.17, 15) is 4.79 Å². The van der Waals surface area contributed by atoms with Gasteiger partial charge in [-0.2, -0.15) is 0 Å². The zero-order valence-electron chi connectivity index (χ0n) is 12.0. The lowest BCUT2D eigenvalue weighted by Gasteiger charge is -2.19. The summed E-state index contributed by atoms with van der Waals surface area (Å²) in [4.78, 5) is 25.4. The molecule has 0 radical (unpaired) electrons. The van der Waals surface area contributed by atoms with Gasteiger partial charge in [-0.15, -0.1) is 0 Å². The second-order valence-corrected chi connectivity index (χ2v) is 4.90. The normalized spacial score (nSPS) is 13.6. The van der Waals surface area contributed by atoms with E-state index in [0.29, 0.717) is 23.8 Å². The second kappa shape index (κ2) is 5.57. The summed E-state index contributed by atoms with van der Waals surface area (Å²) in [5.41, 5.74) is 3.61. The number of ether oxygens (including phenoxy) is 1. The van der Waals surface area contributed by atoms with E-state index >= 15 is 0 Å². The van der Waals surface area contributed by atoms with Crippen LogP contribution in [0.25, 0.3) is 11.5 Å². The predicted octanol–water partition coefficient (Wildman–Crippen LogP) is 1.28. The lowest BCUT2D eigenvalue weighted by Crippen LogP contribution is -2.28. The Hall–Kier alpha value is -2.34. The molecule has 3 rings (SSSR count). The number of hydrogen-bond donors (Lipinski definition) is 1. The molecule has 1 aliphatic rings. The Kier molecular flexibility index (Phi) is 3.62. The first-order valence-corrected chi connectivity index (χ1v) is 6.82. The third kappa shape index (κ3) is 2.62. The Morgan fingerprint density at radius 3 is 2.90 bits per heavy atom. The molecule has 3 heterocycles. The van der Waals surface area contributed by atoms with E-state index in [0.717, 1.165) is 29.9 Å². The highest BCUT2D eigenvalue weighted by atomic mass is 16.5. The van der Waals surface area contributed by atoms with E-state index < -0.39 is 5.97 Å². The largest absolute Gasteiger partial charge is 0.464 e. The van der Waals surface area contributed by atoms with Crippen LogP contribution >= 0.6 is 0 Å². The molecule has 0 unspecified atom stereocenters. The number of pyridine rings is 1. The first kappa shape index (κ1) is 13.6. The molecule has 1 N–H and O–H groups in total. The second-order valence-electron chi connectivity index (χ2n) is 4.90. The monoisotopic (exact) mass is 284 g/mol. The molecule has 0 bridgehead atoms. The first-order valence-electron chi connectivity index (χ1n) is 6.82. The predicted molar refractivity (Wildman–Crippen MR) is 76.8 cm³/mol. The number of carbonyl (C=O) groups excluding carboxylic acids is 1. The highest BCUT2D eigenvalue weighted by molar-refractivity contribution is 5.89. The van der Waals surface area contributed by atoms with Gasteiger partial charge in [0.2, 0.25) is 0 Å². The minimum Gasteiger partial charge on any atom is -0.464 e. The van der Waals surface area contributed by atoms with E-state index in [2.05, 4.69) is 20.3 Å². The lowest BCUT2D eigenvalue weighted by atomic mass is 10.0. The average Bonchev–Trinajstić information content (AvgIpc) is 2.53. The van der Waals surface area contributed by atoms with E-state index in [1.54, 1.807) is 0 Å². The quantitative estimate of drug-likeness (QED) is 0.837. The topological polar surface area (TPSA) is 77.0 Å². The third-order valence-electron chi connectivity index (χ3n) is 3.43. The Morgan fingerprint density at radius 2 is 2.14 bits per heavy atom. The van der Waals surface area contributed by atoms with Gasteiger partial charge in [0, 0.05) is 17.8 Å². The molecular formula is C15H16N4O2. The highest BCUT2D eigenvalue weighted by Crippen LogP contribution is 2.21. The van der Waals surface area contributed by atoms with Gasteiger partial charge in [-0.1, -0.05) is 6.07 Å². The van der Waals surface area contributed by atoms with Gasteiger partial charge >= 0.3 is 5.97 Å². The molecule has 2 aromatic heterocycles. The van der Waals surface area contributed by atoms with Crippen molar-refractivity contribution in [3.05, 3.63) is 40.8 Å². The van der Waals surface area contributed by atoms with Crippen LogP contribution in [0, 0.1) is 6.92 Å². The first-order chi connectivity index (χ1) is 10.2. The van der Waals surface area contributed by atoms with Crippen LogP contribution in [0.2, 0.25) is 0 Å². The highest BCUT2D eigenvalue weighted by Gasteiger charge is 2.23. The zero-order valence-corrected chi connectivity index (χ0v) is 12.0. The maximum absolute atomic E-state index is 12.0. The molecule has 6 nitrogen and oxygen atoms in total. The smallest absolute Gasteiger partial charge is 0.357 e. The van der Waals surface area contributed by atoms with Crippen LogP contribution in [-0.4, -0.2) is 34.6 Å². The number of nitrogens with zero attached hydrogens (tertiary/aromatic N) is 3. The fraction of sp³-hybridized carbons (Fsp3) is 0.333. The Bertz CT molecular complexity index is 700. The molecular weight excluding hydrogens is 268 g/mol. The Balaban J connectivity index is 2.16. The summed E-state index contributed by atoms with van der Waals surface area (Å²) in [6, 6.07) is 5.65. The summed E-state index contributed by atoms with van der Waals surface area (Å²) < 4.78 is 4.85. The summed E-state index contributed by atoms with van der Waals surface area (Å²) in [6.45, 7) is 3.34. The maximum Gasteiger partial charge on any atom is 0.357 e. The average molecular weight is 284 g/mol. The van der Waals surface area contributed by atoms with Crippen LogP contribution in [0.5, 0.6) is 0 Å². The Labute approximate surface area is 122 Å². The molecule has 108 valence electrons. The number of fused-ring (bicyclic) bond motifs is 1. The minimum absolute atomic E-state index is 0.349. The van der Waals surface area contributed by atoms with Gasteiger partial charge in [-0.05, 0) is 32.0 Å². The van der Waals surface area contributed by atoms with E-state index in [1.165, 1.54) is 7.11 Å². The van der Waals surface area contributed by atoms with Gasteiger partial charge in [-0.3, -0.25) is 0 Å². The van der Waals surface area contributed by atoms with Crippen LogP contribution in [0.4, 0.5) is 0 Å². The molecule has 1 aliphatic heterocycles. The van der Waals surface area contributed by atoms with Gasteiger partial charge in [0.25, 0.3) is 0 Å². The number of esters is 1. The van der Waals surface area contributed by atoms with E-state index in [4.69, 9.17) is 4.74 Å². The summed E-state index contributed by atoms with van der Waals surface area (Å²) in [6.07, 6.45) is 0.724. The molecule has 0 saturated heterocycles. The molecule has 0 saturated carbocycles. The van der Waals surface area contributed by atoms with Crippen LogP contribution < -0.4 is 5.32 Å². The number of nitrogens with one attached hydrogen (secondary N) is 1. The SMILES string of the molecule is COC(=O)c1nc(-c2cccc(C)n2)nc2c1CCNC2. The Morgan fingerprint density at radius 1 is 1.29 bits per heavy atom. The molecule has 0 amide bonds. The zero-order chi connectivity index (χ0) is 14.8. The number of carbonyl (C=O) groups is 1. The van der Waals surface area contributed by atoms with Crippen molar-refractivity contribution >= 4 is 5.97 Å². The number of aromatic nitrogens is 3. The summed E-state index contributed by atoms with van der Waals surface area (Å²) in [5, 5.41) is 3.25.